The summed E-state index contributed by atoms with van der Waals surface area (Å²) in [6.45, 7) is 10.2. The SMILES string of the molecule is CCCNC(C)c1ccc(N2CCCC(C)C2)cc1Br. The second-order valence-corrected chi connectivity index (χ2v) is 6.93. The van der Waals surface area contributed by atoms with Crippen molar-refractivity contribution in [3.05, 3.63) is 28.2 Å². The highest BCUT2D eigenvalue weighted by molar-refractivity contribution is 9.10. The maximum absolute atomic E-state index is 3.75. The van der Waals surface area contributed by atoms with Crippen molar-refractivity contribution in [3.63, 3.8) is 0 Å². The maximum atomic E-state index is 3.75. The Balaban J connectivity index is 2.08. The van der Waals surface area contributed by atoms with E-state index < -0.39 is 0 Å². The van der Waals surface area contributed by atoms with E-state index in [1.807, 2.05) is 0 Å². The molecule has 1 aromatic rings. The second kappa shape index (κ2) is 7.46. The summed E-state index contributed by atoms with van der Waals surface area (Å²) in [6.07, 6.45) is 3.86. The molecule has 0 amide bonds. The number of anilines is 1. The summed E-state index contributed by atoms with van der Waals surface area (Å²) < 4.78 is 1.23. The quantitative estimate of drug-likeness (QED) is 0.833. The van der Waals surface area contributed by atoms with Gasteiger partial charge in [-0.25, -0.2) is 0 Å². The summed E-state index contributed by atoms with van der Waals surface area (Å²) >= 11 is 3.75. The number of rotatable bonds is 5. The van der Waals surface area contributed by atoms with E-state index in [1.54, 1.807) is 0 Å². The first-order chi connectivity index (χ1) is 9.61. The lowest BCUT2D eigenvalue weighted by Crippen LogP contribution is -2.34. The molecule has 2 rings (SSSR count). The van der Waals surface area contributed by atoms with Gasteiger partial charge in [-0.15, -0.1) is 0 Å². The molecular formula is C17H27BrN2. The standard InChI is InChI=1S/C17H27BrN2/c1-4-9-19-14(3)16-8-7-15(11-17(16)18)20-10-5-6-13(2)12-20/h7-8,11,13-14,19H,4-6,9-10,12H2,1-3H3. The number of piperidine rings is 1. The van der Waals surface area contributed by atoms with Gasteiger partial charge in [-0.05, 0) is 56.3 Å². The van der Waals surface area contributed by atoms with Crippen molar-refractivity contribution in [2.75, 3.05) is 24.5 Å². The van der Waals surface area contributed by atoms with Crippen molar-refractivity contribution in [2.45, 2.75) is 46.1 Å². The molecule has 1 saturated heterocycles. The molecule has 2 unspecified atom stereocenters. The van der Waals surface area contributed by atoms with Gasteiger partial charge in [0, 0.05) is 29.3 Å². The van der Waals surface area contributed by atoms with Crippen LogP contribution in [0.15, 0.2) is 22.7 Å². The van der Waals surface area contributed by atoms with Crippen LogP contribution < -0.4 is 10.2 Å². The minimum Gasteiger partial charge on any atom is -0.371 e. The smallest absolute Gasteiger partial charge is 0.0377 e. The Bertz CT molecular complexity index is 433. The number of halogens is 1. The van der Waals surface area contributed by atoms with Gasteiger partial charge in [0.15, 0.2) is 0 Å². The first kappa shape index (κ1) is 15.8. The topological polar surface area (TPSA) is 15.3 Å². The van der Waals surface area contributed by atoms with E-state index in [-0.39, 0.29) is 0 Å². The highest BCUT2D eigenvalue weighted by Gasteiger charge is 2.18. The van der Waals surface area contributed by atoms with Crippen molar-refractivity contribution >= 4 is 21.6 Å². The third kappa shape index (κ3) is 3.98. The predicted octanol–water partition coefficient (Wildman–Crippen LogP) is 4.75. The maximum Gasteiger partial charge on any atom is 0.0377 e. The van der Waals surface area contributed by atoms with E-state index in [4.69, 9.17) is 0 Å². The van der Waals surface area contributed by atoms with Crippen LogP contribution in [0.2, 0.25) is 0 Å². The third-order valence-corrected chi connectivity index (χ3v) is 4.86. The van der Waals surface area contributed by atoms with Crippen LogP contribution in [0.3, 0.4) is 0 Å². The van der Waals surface area contributed by atoms with E-state index in [0.29, 0.717) is 6.04 Å². The van der Waals surface area contributed by atoms with E-state index >= 15 is 0 Å². The number of nitrogens with one attached hydrogen (secondary N) is 1. The van der Waals surface area contributed by atoms with Gasteiger partial charge in [0.2, 0.25) is 0 Å². The highest BCUT2D eigenvalue weighted by atomic mass is 79.9. The van der Waals surface area contributed by atoms with Crippen LogP contribution in [-0.2, 0) is 0 Å². The van der Waals surface area contributed by atoms with Gasteiger partial charge >= 0.3 is 0 Å². The van der Waals surface area contributed by atoms with E-state index in [1.165, 1.54) is 48.1 Å². The Morgan fingerprint density at radius 2 is 2.25 bits per heavy atom. The van der Waals surface area contributed by atoms with Crippen molar-refractivity contribution in [2.24, 2.45) is 5.92 Å². The Morgan fingerprint density at radius 3 is 2.90 bits per heavy atom. The first-order valence-corrected chi connectivity index (χ1v) is 8.69. The molecule has 0 aliphatic carbocycles. The van der Waals surface area contributed by atoms with Gasteiger partial charge in [-0.1, -0.05) is 35.8 Å². The van der Waals surface area contributed by atoms with Gasteiger partial charge in [0.25, 0.3) is 0 Å². The average molecular weight is 339 g/mol. The zero-order valence-corrected chi connectivity index (χ0v) is 14.5. The molecule has 20 heavy (non-hydrogen) atoms. The molecular weight excluding hydrogens is 312 g/mol. The molecule has 0 radical (unpaired) electrons. The van der Waals surface area contributed by atoms with E-state index in [2.05, 4.69) is 65.1 Å². The molecule has 112 valence electrons. The molecule has 1 aliphatic rings. The zero-order chi connectivity index (χ0) is 14.5. The lowest BCUT2D eigenvalue weighted by atomic mass is 9.99. The first-order valence-electron chi connectivity index (χ1n) is 7.89. The fraction of sp³-hybridized carbons (Fsp3) is 0.647. The summed E-state index contributed by atoms with van der Waals surface area (Å²) in [7, 11) is 0. The Labute approximate surface area is 132 Å². The number of benzene rings is 1. The monoisotopic (exact) mass is 338 g/mol. The Morgan fingerprint density at radius 1 is 1.45 bits per heavy atom. The molecule has 1 heterocycles. The molecule has 2 atom stereocenters. The number of nitrogens with zero attached hydrogens (tertiary/aromatic N) is 1. The molecule has 0 bridgehead atoms. The van der Waals surface area contributed by atoms with Crippen LogP contribution >= 0.6 is 15.9 Å². The number of hydrogen-bond acceptors (Lipinski definition) is 2. The molecule has 0 aromatic heterocycles. The highest BCUT2D eigenvalue weighted by Crippen LogP contribution is 2.30. The normalized spacial score (nSPS) is 21.0. The predicted molar refractivity (Wildman–Crippen MR) is 91.5 cm³/mol. The van der Waals surface area contributed by atoms with Gasteiger partial charge in [-0.3, -0.25) is 0 Å². The summed E-state index contributed by atoms with van der Waals surface area (Å²) in [5, 5.41) is 3.55. The fourth-order valence-corrected chi connectivity index (χ4v) is 3.67. The molecule has 2 nitrogen and oxygen atoms in total. The van der Waals surface area contributed by atoms with Crippen LogP contribution in [0.5, 0.6) is 0 Å². The lowest BCUT2D eigenvalue weighted by molar-refractivity contribution is 0.447. The Hall–Kier alpha value is -0.540. The Kier molecular flexibility index (Phi) is 5.91. The minimum absolute atomic E-state index is 0.402. The van der Waals surface area contributed by atoms with Crippen molar-refractivity contribution < 1.29 is 0 Å². The van der Waals surface area contributed by atoms with Gasteiger partial charge < -0.3 is 10.2 Å². The molecule has 1 fully saturated rings. The van der Waals surface area contributed by atoms with Gasteiger partial charge in [0.05, 0.1) is 0 Å². The molecule has 0 spiro atoms. The number of hydrogen-bond donors (Lipinski definition) is 1. The van der Waals surface area contributed by atoms with Crippen LogP contribution in [0.4, 0.5) is 5.69 Å². The third-order valence-electron chi connectivity index (χ3n) is 4.17. The van der Waals surface area contributed by atoms with Gasteiger partial charge in [-0.2, -0.15) is 0 Å². The van der Waals surface area contributed by atoms with Crippen LogP contribution in [-0.4, -0.2) is 19.6 Å². The van der Waals surface area contributed by atoms with Crippen molar-refractivity contribution in [3.8, 4) is 0 Å². The van der Waals surface area contributed by atoms with Gasteiger partial charge in [0.1, 0.15) is 0 Å². The second-order valence-electron chi connectivity index (χ2n) is 6.08. The summed E-state index contributed by atoms with van der Waals surface area (Å²) in [5.74, 6) is 0.812. The lowest BCUT2D eigenvalue weighted by Gasteiger charge is -2.33. The summed E-state index contributed by atoms with van der Waals surface area (Å²) in [6, 6.07) is 7.24. The molecule has 1 aromatic carbocycles. The minimum atomic E-state index is 0.402. The molecule has 3 heteroatoms. The average Bonchev–Trinajstić information content (AvgIpc) is 2.44. The fourth-order valence-electron chi connectivity index (χ4n) is 2.96. The zero-order valence-electron chi connectivity index (χ0n) is 13.0. The van der Waals surface area contributed by atoms with Crippen LogP contribution in [0.1, 0.15) is 51.6 Å². The molecule has 0 saturated carbocycles. The summed E-state index contributed by atoms with van der Waals surface area (Å²) in [4.78, 5) is 2.52. The summed E-state index contributed by atoms with van der Waals surface area (Å²) in [5.41, 5.74) is 2.71. The largest absolute Gasteiger partial charge is 0.371 e. The molecule has 1 N–H and O–H groups in total. The van der Waals surface area contributed by atoms with Crippen molar-refractivity contribution in [1.29, 1.82) is 0 Å². The van der Waals surface area contributed by atoms with E-state index in [0.717, 1.165) is 12.5 Å². The molecule has 1 aliphatic heterocycles. The van der Waals surface area contributed by atoms with Crippen molar-refractivity contribution in [1.82, 2.24) is 5.32 Å². The van der Waals surface area contributed by atoms with Crippen LogP contribution in [0.25, 0.3) is 0 Å². The van der Waals surface area contributed by atoms with Crippen LogP contribution in [0, 0.1) is 5.92 Å². The van der Waals surface area contributed by atoms with E-state index in [9.17, 15) is 0 Å².